The molecule has 2 amide bonds. The van der Waals surface area contributed by atoms with Crippen LogP contribution in [0.25, 0.3) is 6.08 Å². The third-order valence-electron chi connectivity index (χ3n) is 3.89. The lowest BCUT2D eigenvalue weighted by Gasteiger charge is -2.11. The molecule has 6 heteroatoms. The predicted molar refractivity (Wildman–Crippen MR) is 112 cm³/mol. The number of pyridine rings is 1. The van der Waals surface area contributed by atoms with Gasteiger partial charge in [0, 0.05) is 29.0 Å². The molecule has 28 heavy (non-hydrogen) atoms. The molecule has 0 spiro atoms. The molecule has 3 rings (SSSR count). The van der Waals surface area contributed by atoms with E-state index in [1.54, 1.807) is 48.8 Å². The Morgan fingerprint density at radius 2 is 1.71 bits per heavy atom. The molecule has 0 unspecified atom stereocenters. The Morgan fingerprint density at radius 3 is 2.39 bits per heavy atom. The Labute approximate surface area is 171 Å². The first-order chi connectivity index (χ1) is 13.6. The fraction of sp³-hybridized carbons (Fsp3) is 0.0455. The highest BCUT2D eigenvalue weighted by atomic mass is 79.9. The summed E-state index contributed by atoms with van der Waals surface area (Å²) < 4.78 is 0.931. The highest BCUT2D eigenvalue weighted by Crippen LogP contribution is 2.13. The fourth-order valence-electron chi connectivity index (χ4n) is 2.45. The van der Waals surface area contributed by atoms with Crippen molar-refractivity contribution in [1.82, 2.24) is 15.6 Å². The number of aromatic nitrogens is 1. The van der Waals surface area contributed by atoms with Crippen LogP contribution < -0.4 is 10.6 Å². The molecule has 140 valence electrons. The van der Waals surface area contributed by atoms with Crippen LogP contribution in [0.1, 0.15) is 21.5 Å². The Bertz CT molecular complexity index is 972. The molecule has 0 atom stereocenters. The van der Waals surface area contributed by atoms with Crippen LogP contribution in [0.3, 0.4) is 0 Å². The summed E-state index contributed by atoms with van der Waals surface area (Å²) in [4.78, 5) is 29.3. The topological polar surface area (TPSA) is 71.1 Å². The maximum absolute atomic E-state index is 12.7. The second-order valence-electron chi connectivity index (χ2n) is 5.97. The van der Waals surface area contributed by atoms with Crippen LogP contribution in [0.5, 0.6) is 0 Å². The van der Waals surface area contributed by atoms with Crippen LogP contribution in [0.15, 0.2) is 89.3 Å². The average molecular weight is 436 g/mol. The number of benzene rings is 2. The van der Waals surface area contributed by atoms with Gasteiger partial charge in [-0.1, -0.05) is 52.3 Å². The Kier molecular flexibility index (Phi) is 6.70. The molecule has 2 aromatic carbocycles. The summed E-state index contributed by atoms with van der Waals surface area (Å²) in [6.07, 6.45) is 5.00. The minimum absolute atomic E-state index is 0.167. The molecule has 1 aromatic heterocycles. The fourth-order valence-corrected chi connectivity index (χ4v) is 2.71. The average Bonchev–Trinajstić information content (AvgIpc) is 2.74. The number of halogens is 1. The molecule has 0 radical (unpaired) electrons. The minimum Gasteiger partial charge on any atom is -0.347 e. The molecule has 1 heterocycles. The van der Waals surface area contributed by atoms with Gasteiger partial charge in [-0.2, -0.15) is 0 Å². The van der Waals surface area contributed by atoms with E-state index in [4.69, 9.17) is 0 Å². The van der Waals surface area contributed by atoms with Gasteiger partial charge in [-0.05, 0) is 47.5 Å². The van der Waals surface area contributed by atoms with Crippen LogP contribution in [0.4, 0.5) is 0 Å². The summed E-state index contributed by atoms with van der Waals surface area (Å²) in [7, 11) is 0. The van der Waals surface area contributed by atoms with Crippen molar-refractivity contribution in [3.8, 4) is 0 Å². The van der Waals surface area contributed by atoms with E-state index in [2.05, 4.69) is 31.5 Å². The first kappa shape index (κ1) is 19.5. The molecule has 0 fully saturated rings. The van der Waals surface area contributed by atoms with Gasteiger partial charge < -0.3 is 10.6 Å². The Hall–Kier alpha value is -3.25. The number of nitrogens with one attached hydrogen (secondary N) is 2. The van der Waals surface area contributed by atoms with Crippen molar-refractivity contribution < 1.29 is 9.59 Å². The highest BCUT2D eigenvalue weighted by Gasteiger charge is 2.14. The molecule has 3 aromatic rings. The van der Waals surface area contributed by atoms with Crippen LogP contribution in [0.2, 0.25) is 0 Å². The molecule has 0 saturated heterocycles. The molecular weight excluding hydrogens is 418 g/mol. The second-order valence-corrected chi connectivity index (χ2v) is 6.89. The third-order valence-corrected chi connectivity index (χ3v) is 4.41. The molecule has 2 N–H and O–H groups in total. The number of nitrogens with zero attached hydrogens (tertiary/aromatic N) is 1. The summed E-state index contributed by atoms with van der Waals surface area (Å²) in [5.74, 6) is -0.725. The van der Waals surface area contributed by atoms with Crippen molar-refractivity contribution in [2.24, 2.45) is 0 Å². The molecule has 0 aliphatic carbocycles. The van der Waals surface area contributed by atoms with Crippen molar-refractivity contribution in [1.29, 1.82) is 0 Å². The Morgan fingerprint density at radius 1 is 0.964 bits per heavy atom. The molecule has 5 nitrogen and oxygen atoms in total. The summed E-state index contributed by atoms with van der Waals surface area (Å²) in [5.41, 5.74) is 2.31. The molecule has 0 saturated carbocycles. The van der Waals surface area contributed by atoms with Gasteiger partial charge in [0.25, 0.3) is 11.8 Å². The van der Waals surface area contributed by atoms with Crippen LogP contribution in [-0.2, 0) is 11.3 Å². The van der Waals surface area contributed by atoms with Crippen LogP contribution in [0, 0.1) is 0 Å². The van der Waals surface area contributed by atoms with E-state index >= 15 is 0 Å². The van der Waals surface area contributed by atoms with Crippen LogP contribution in [-0.4, -0.2) is 16.8 Å². The zero-order valence-corrected chi connectivity index (χ0v) is 16.5. The van der Waals surface area contributed by atoms with Gasteiger partial charge in [0.05, 0.1) is 0 Å². The molecule has 0 aliphatic rings. The standard InChI is InChI=1S/C22H18BrN3O2/c23-19-10-8-16(9-11-19)13-20(26-21(27)18-6-2-1-3-7-18)22(28)25-15-17-5-4-12-24-14-17/h1-14H,15H2,(H,25,28)(H,26,27)/b20-13+. The molecular formula is C22H18BrN3O2. The maximum atomic E-state index is 12.7. The van der Waals surface area contributed by atoms with Gasteiger partial charge in [-0.25, -0.2) is 0 Å². The zero-order valence-electron chi connectivity index (χ0n) is 14.9. The summed E-state index contributed by atoms with van der Waals surface area (Å²) in [5, 5.41) is 5.53. The molecule has 0 aliphatic heterocycles. The van der Waals surface area contributed by atoms with Gasteiger partial charge in [-0.3, -0.25) is 14.6 Å². The van der Waals surface area contributed by atoms with Gasteiger partial charge in [0.1, 0.15) is 5.70 Å². The number of amides is 2. The van der Waals surface area contributed by atoms with Crippen molar-refractivity contribution >= 4 is 33.8 Å². The van der Waals surface area contributed by atoms with E-state index in [9.17, 15) is 9.59 Å². The second kappa shape index (κ2) is 9.62. The summed E-state index contributed by atoms with van der Waals surface area (Å²) in [6, 6.07) is 19.9. The van der Waals surface area contributed by atoms with E-state index in [0.29, 0.717) is 12.1 Å². The van der Waals surface area contributed by atoms with Crippen molar-refractivity contribution in [2.45, 2.75) is 6.54 Å². The normalized spacial score (nSPS) is 11.0. The third kappa shape index (κ3) is 5.62. The van der Waals surface area contributed by atoms with Crippen molar-refractivity contribution in [3.05, 3.63) is 106 Å². The van der Waals surface area contributed by atoms with E-state index < -0.39 is 0 Å². The smallest absolute Gasteiger partial charge is 0.268 e. The number of carbonyl (C=O) groups excluding carboxylic acids is 2. The number of hydrogen-bond acceptors (Lipinski definition) is 3. The lowest BCUT2D eigenvalue weighted by atomic mass is 10.1. The first-order valence-corrected chi connectivity index (χ1v) is 9.42. The quantitative estimate of drug-likeness (QED) is 0.576. The van der Waals surface area contributed by atoms with Gasteiger partial charge in [0.15, 0.2) is 0 Å². The van der Waals surface area contributed by atoms with E-state index in [1.165, 1.54) is 0 Å². The van der Waals surface area contributed by atoms with E-state index in [0.717, 1.165) is 15.6 Å². The predicted octanol–water partition coefficient (Wildman–Crippen LogP) is 3.93. The Balaban J connectivity index is 1.80. The monoisotopic (exact) mass is 435 g/mol. The van der Waals surface area contributed by atoms with E-state index in [1.807, 2.05) is 36.4 Å². The van der Waals surface area contributed by atoms with Crippen molar-refractivity contribution in [2.75, 3.05) is 0 Å². The lowest BCUT2D eigenvalue weighted by molar-refractivity contribution is -0.117. The summed E-state index contributed by atoms with van der Waals surface area (Å²) in [6.45, 7) is 0.311. The van der Waals surface area contributed by atoms with Gasteiger partial charge in [0.2, 0.25) is 0 Å². The van der Waals surface area contributed by atoms with E-state index in [-0.39, 0.29) is 17.5 Å². The zero-order chi connectivity index (χ0) is 19.8. The SMILES string of the molecule is O=C(NCc1cccnc1)/C(=C\c1ccc(Br)cc1)NC(=O)c1ccccc1. The van der Waals surface area contributed by atoms with Gasteiger partial charge >= 0.3 is 0 Å². The number of rotatable bonds is 6. The summed E-state index contributed by atoms with van der Waals surface area (Å²) >= 11 is 3.39. The first-order valence-electron chi connectivity index (χ1n) is 8.62. The number of hydrogen-bond donors (Lipinski definition) is 2. The van der Waals surface area contributed by atoms with Crippen molar-refractivity contribution in [3.63, 3.8) is 0 Å². The maximum Gasteiger partial charge on any atom is 0.268 e. The minimum atomic E-state index is -0.379. The largest absolute Gasteiger partial charge is 0.347 e. The lowest BCUT2D eigenvalue weighted by Crippen LogP contribution is -2.34. The highest BCUT2D eigenvalue weighted by molar-refractivity contribution is 9.10. The molecule has 0 bridgehead atoms. The van der Waals surface area contributed by atoms with Crippen LogP contribution >= 0.6 is 15.9 Å². The van der Waals surface area contributed by atoms with Gasteiger partial charge in [-0.15, -0.1) is 0 Å². The number of carbonyl (C=O) groups is 2.